The van der Waals surface area contributed by atoms with Crippen LogP contribution in [0.15, 0.2) is 15.5 Å². The van der Waals surface area contributed by atoms with Crippen LogP contribution in [0.1, 0.15) is 0 Å². The summed E-state index contributed by atoms with van der Waals surface area (Å²) >= 11 is 3.37. The summed E-state index contributed by atoms with van der Waals surface area (Å²) < 4.78 is 7.02. The Kier molecular flexibility index (Phi) is 4.95. The number of anilines is 1. The molecule has 2 heterocycles. The predicted molar refractivity (Wildman–Crippen MR) is 77.7 cm³/mol. The van der Waals surface area contributed by atoms with Crippen molar-refractivity contribution in [2.24, 2.45) is 7.05 Å². The molecule has 1 aromatic heterocycles. The van der Waals surface area contributed by atoms with Gasteiger partial charge in [-0.25, -0.2) is 4.68 Å². The molecule has 0 spiro atoms. The highest BCUT2D eigenvalue weighted by molar-refractivity contribution is 9.10. The van der Waals surface area contributed by atoms with Gasteiger partial charge < -0.3 is 9.64 Å². The summed E-state index contributed by atoms with van der Waals surface area (Å²) in [5, 5.41) is 4.08. The Bertz CT molecular complexity index is 483. The molecule has 0 bridgehead atoms. The largest absolute Gasteiger partial charge is 0.383 e. The smallest absolute Gasteiger partial charge is 0.282 e. The molecule has 2 rings (SSSR count). The number of methoxy groups -OCH3 is 1. The van der Waals surface area contributed by atoms with Gasteiger partial charge >= 0.3 is 0 Å². The van der Waals surface area contributed by atoms with E-state index < -0.39 is 0 Å². The van der Waals surface area contributed by atoms with E-state index in [1.54, 1.807) is 20.4 Å². The van der Waals surface area contributed by atoms with Crippen molar-refractivity contribution in [1.29, 1.82) is 0 Å². The molecule has 0 amide bonds. The van der Waals surface area contributed by atoms with Gasteiger partial charge in [0.05, 0.1) is 18.5 Å². The second-order valence-corrected chi connectivity index (χ2v) is 5.39. The second kappa shape index (κ2) is 6.49. The summed E-state index contributed by atoms with van der Waals surface area (Å²) in [5.74, 6) is 0. The number of piperazine rings is 1. The fourth-order valence-corrected chi connectivity index (χ4v) is 2.77. The summed E-state index contributed by atoms with van der Waals surface area (Å²) in [4.78, 5) is 16.4. The molecular weight excluding hydrogens is 312 g/mol. The minimum absolute atomic E-state index is 0.0979. The van der Waals surface area contributed by atoms with Crippen molar-refractivity contribution < 1.29 is 4.74 Å². The summed E-state index contributed by atoms with van der Waals surface area (Å²) in [6, 6.07) is 0. The average molecular weight is 331 g/mol. The third kappa shape index (κ3) is 3.34. The first-order valence-corrected chi connectivity index (χ1v) is 7.11. The topological polar surface area (TPSA) is 50.6 Å². The van der Waals surface area contributed by atoms with Crippen LogP contribution in [-0.4, -0.2) is 61.1 Å². The molecule has 1 aromatic rings. The molecule has 0 N–H and O–H groups in total. The van der Waals surface area contributed by atoms with E-state index >= 15 is 0 Å². The number of rotatable bonds is 4. The van der Waals surface area contributed by atoms with Crippen LogP contribution < -0.4 is 10.5 Å². The van der Waals surface area contributed by atoms with E-state index in [1.165, 1.54) is 4.68 Å². The fourth-order valence-electron chi connectivity index (χ4n) is 2.16. The normalized spacial score (nSPS) is 16.9. The molecule has 1 saturated heterocycles. The third-order valence-electron chi connectivity index (χ3n) is 3.38. The van der Waals surface area contributed by atoms with E-state index in [1.807, 2.05) is 0 Å². The van der Waals surface area contributed by atoms with E-state index in [4.69, 9.17) is 4.74 Å². The molecule has 0 unspecified atom stereocenters. The van der Waals surface area contributed by atoms with Crippen LogP contribution in [0.2, 0.25) is 0 Å². The van der Waals surface area contributed by atoms with Gasteiger partial charge in [-0.1, -0.05) is 0 Å². The average Bonchev–Trinajstić information content (AvgIpc) is 2.44. The van der Waals surface area contributed by atoms with E-state index in [-0.39, 0.29) is 5.56 Å². The third-order valence-corrected chi connectivity index (χ3v) is 4.13. The number of hydrogen-bond donors (Lipinski definition) is 0. The first-order chi connectivity index (χ1) is 9.13. The Labute approximate surface area is 121 Å². The van der Waals surface area contributed by atoms with Gasteiger partial charge in [-0.05, 0) is 15.9 Å². The lowest BCUT2D eigenvalue weighted by molar-refractivity contribution is 0.144. The zero-order valence-electron chi connectivity index (χ0n) is 11.3. The van der Waals surface area contributed by atoms with Crippen LogP contribution in [0.25, 0.3) is 0 Å². The molecule has 0 aliphatic carbocycles. The van der Waals surface area contributed by atoms with E-state index in [0.29, 0.717) is 4.47 Å². The van der Waals surface area contributed by atoms with Crippen LogP contribution in [0.5, 0.6) is 0 Å². The maximum Gasteiger partial charge on any atom is 0.282 e. The first-order valence-electron chi connectivity index (χ1n) is 6.31. The van der Waals surface area contributed by atoms with Crippen molar-refractivity contribution >= 4 is 21.6 Å². The fraction of sp³-hybridized carbons (Fsp3) is 0.667. The molecular formula is C12H19BrN4O2. The van der Waals surface area contributed by atoms with E-state index in [0.717, 1.165) is 45.0 Å². The van der Waals surface area contributed by atoms with E-state index in [9.17, 15) is 4.79 Å². The summed E-state index contributed by atoms with van der Waals surface area (Å²) in [6.45, 7) is 5.47. The monoisotopic (exact) mass is 330 g/mol. The van der Waals surface area contributed by atoms with Gasteiger partial charge in [0, 0.05) is 46.9 Å². The van der Waals surface area contributed by atoms with Gasteiger partial charge in [0.2, 0.25) is 0 Å². The molecule has 1 aliphatic rings. The molecule has 19 heavy (non-hydrogen) atoms. The quantitative estimate of drug-likeness (QED) is 0.795. The van der Waals surface area contributed by atoms with Crippen molar-refractivity contribution in [3.05, 3.63) is 21.0 Å². The van der Waals surface area contributed by atoms with Crippen molar-refractivity contribution in [3.8, 4) is 0 Å². The Hall–Kier alpha value is -0.920. The van der Waals surface area contributed by atoms with Gasteiger partial charge in [-0.3, -0.25) is 9.69 Å². The molecule has 106 valence electrons. The molecule has 0 aromatic carbocycles. The highest BCUT2D eigenvalue weighted by Gasteiger charge is 2.20. The maximum absolute atomic E-state index is 11.8. The standard InChI is InChI=1S/C12H19BrN4O2/c1-15-12(18)11(13)10(9-14-15)17-5-3-16(4-6-17)7-8-19-2/h9H,3-8H2,1-2H3. The predicted octanol–water partition coefficient (Wildman–Crippen LogP) is 0.311. The lowest BCUT2D eigenvalue weighted by Crippen LogP contribution is -2.47. The minimum Gasteiger partial charge on any atom is -0.383 e. The van der Waals surface area contributed by atoms with Crippen LogP contribution in [0.4, 0.5) is 5.69 Å². The Balaban J connectivity index is 2.02. The van der Waals surface area contributed by atoms with Crippen LogP contribution in [0, 0.1) is 0 Å². The van der Waals surface area contributed by atoms with Gasteiger partial charge in [0.15, 0.2) is 0 Å². The van der Waals surface area contributed by atoms with Crippen molar-refractivity contribution in [2.75, 3.05) is 51.3 Å². The number of nitrogens with zero attached hydrogens (tertiary/aromatic N) is 4. The van der Waals surface area contributed by atoms with Crippen molar-refractivity contribution in [3.63, 3.8) is 0 Å². The van der Waals surface area contributed by atoms with E-state index in [2.05, 4.69) is 30.8 Å². The minimum atomic E-state index is -0.0979. The Morgan fingerprint density at radius 2 is 2.05 bits per heavy atom. The zero-order chi connectivity index (χ0) is 13.8. The zero-order valence-corrected chi connectivity index (χ0v) is 12.9. The lowest BCUT2D eigenvalue weighted by atomic mass is 10.3. The number of aromatic nitrogens is 2. The highest BCUT2D eigenvalue weighted by atomic mass is 79.9. The lowest BCUT2D eigenvalue weighted by Gasteiger charge is -2.36. The molecule has 0 saturated carbocycles. The van der Waals surface area contributed by atoms with Crippen molar-refractivity contribution in [2.45, 2.75) is 0 Å². The molecule has 1 aliphatic heterocycles. The summed E-state index contributed by atoms with van der Waals surface area (Å²) in [7, 11) is 3.37. The van der Waals surface area contributed by atoms with Crippen LogP contribution in [-0.2, 0) is 11.8 Å². The van der Waals surface area contributed by atoms with Crippen LogP contribution >= 0.6 is 15.9 Å². The van der Waals surface area contributed by atoms with Gasteiger partial charge in [-0.2, -0.15) is 5.10 Å². The maximum atomic E-state index is 11.8. The molecule has 1 fully saturated rings. The first kappa shape index (κ1) is 14.5. The number of hydrogen-bond acceptors (Lipinski definition) is 5. The Morgan fingerprint density at radius 3 is 2.68 bits per heavy atom. The van der Waals surface area contributed by atoms with Gasteiger partial charge in [0.1, 0.15) is 4.47 Å². The number of ether oxygens (including phenoxy) is 1. The molecule has 7 heteroatoms. The number of aryl methyl sites for hydroxylation is 1. The second-order valence-electron chi connectivity index (χ2n) is 4.59. The summed E-state index contributed by atoms with van der Waals surface area (Å²) in [5.41, 5.74) is 0.786. The van der Waals surface area contributed by atoms with Gasteiger partial charge in [0.25, 0.3) is 5.56 Å². The van der Waals surface area contributed by atoms with Crippen LogP contribution in [0.3, 0.4) is 0 Å². The van der Waals surface area contributed by atoms with Crippen molar-refractivity contribution in [1.82, 2.24) is 14.7 Å². The molecule has 0 atom stereocenters. The molecule has 0 radical (unpaired) electrons. The summed E-state index contributed by atoms with van der Waals surface area (Å²) in [6.07, 6.45) is 1.75. The Morgan fingerprint density at radius 1 is 1.37 bits per heavy atom. The van der Waals surface area contributed by atoms with Gasteiger partial charge in [-0.15, -0.1) is 0 Å². The highest BCUT2D eigenvalue weighted by Crippen LogP contribution is 2.22. The number of halogens is 1. The molecule has 6 nitrogen and oxygen atoms in total. The SMILES string of the molecule is COCCN1CCN(c2cnn(C)c(=O)c2Br)CC1.